The monoisotopic (exact) mass is 497 g/mol. The van der Waals surface area contributed by atoms with E-state index in [1.165, 1.54) is 11.3 Å². The maximum Gasteiger partial charge on any atom is 0.341 e. The van der Waals surface area contributed by atoms with E-state index >= 15 is 0 Å². The Morgan fingerprint density at radius 1 is 1.31 bits per heavy atom. The predicted molar refractivity (Wildman–Crippen MR) is 129 cm³/mol. The van der Waals surface area contributed by atoms with E-state index in [1.54, 1.807) is 31.2 Å². The summed E-state index contributed by atoms with van der Waals surface area (Å²) >= 11 is 1.37. The first-order chi connectivity index (χ1) is 16.8. The van der Waals surface area contributed by atoms with Crippen LogP contribution in [0.2, 0.25) is 0 Å². The molecular formula is C25H27N3O6S. The molecule has 3 heterocycles. The van der Waals surface area contributed by atoms with Crippen LogP contribution in [0.25, 0.3) is 0 Å². The van der Waals surface area contributed by atoms with Crippen LogP contribution in [0.4, 0.5) is 9.80 Å². The second-order valence-corrected chi connectivity index (χ2v) is 10.3. The summed E-state index contributed by atoms with van der Waals surface area (Å²) in [6, 6.07) is 6.44. The van der Waals surface area contributed by atoms with Gasteiger partial charge in [-0.1, -0.05) is 25.1 Å². The molecule has 1 aromatic carbocycles. The highest BCUT2D eigenvalue weighted by molar-refractivity contribution is 7.17. The van der Waals surface area contributed by atoms with Gasteiger partial charge < -0.3 is 20.1 Å². The van der Waals surface area contributed by atoms with Crippen LogP contribution in [0.1, 0.15) is 53.1 Å². The van der Waals surface area contributed by atoms with E-state index in [1.807, 2.05) is 0 Å². The molecule has 35 heavy (non-hydrogen) atoms. The van der Waals surface area contributed by atoms with Crippen molar-refractivity contribution in [1.29, 1.82) is 0 Å². The summed E-state index contributed by atoms with van der Waals surface area (Å²) in [4.78, 5) is 54.0. The topological polar surface area (TPSA) is 114 Å². The number of fused-ring (bicyclic) bond motifs is 3. The number of carbonyl (C=O) groups is 4. The lowest BCUT2D eigenvalue weighted by atomic mass is 9.84. The highest BCUT2D eigenvalue weighted by Gasteiger charge is 2.55. The molecule has 0 radical (unpaired) electrons. The van der Waals surface area contributed by atoms with Crippen LogP contribution >= 0.6 is 11.3 Å². The summed E-state index contributed by atoms with van der Waals surface area (Å²) in [6.07, 6.45) is 2.81. The van der Waals surface area contributed by atoms with Gasteiger partial charge in [-0.25, -0.2) is 9.59 Å². The summed E-state index contributed by atoms with van der Waals surface area (Å²) in [7, 11) is 0. The lowest BCUT2D eigenvalue weighted by molar-refractivity contribution is -0.135. The minimum atomic E-state index is -1.25. The summed E-state index contributed by atoms with van der Waals surface area (Å²) in [5, 5.41) is 5.98. The second-order valence-electron chi connectivity index (χ2n) is 9.15. The van der Waals surface area contributed by atoms with E-state index in [9.17, 15) is 19.2 Å². The second kappa shape index (κ2) is 8.99. The van der Waals surface area contributed by atoms with E-state index in [-0.39, 0.29) is 19.6 Å². The van der Waals surface area contributed by atoms with Gasteiger partial charge in [-0.2, -0.15) is 0 Å². The number of nitrogens with zero attached hydrogens (tertiary/aromatic N) is 1. The molecule has 0 bridgehead atoms. The largest absolute Gasteiger partial charge is 0.493 e. The van der Waals surface area contributed by atoms with E-state index in [4.69, 9.17) is 9.47 Å². The molecule has 1 fully saturated rings. The Morgan fingerprint density at radius 3 is 2.91 bits per heavy atom. The third kappa shape index (κ3) is 3.95. The van der Waals surface area contributed by atoms with Crippen molar-refractivity contribution in [1.82, 2.24) is 10.2 Å². The number of para-hydroxylation sites is 1. The summed E-state index contributed by atoms with van der Waals surface area (Å²) in [6.45, 7) is 3.93. The molecule has 2 unspecified atom stereocenters. The van der Waals surface area contributed by atoms with Crippen molar-refractivity contribution in [3.8, 4) is 5.75 Å². The van der Waals surface area contributed by atoms with Crippen molar-refractivity contribution in [3.63, 3.8) is 0 Å². The zero-order valence-corrected chi connectivity index (χ0v) is 20.5. The number of imide groups is 1. The van der Waals surface area contributed by atoms with Crippen LogP contribution in [0.3, 0.4) is 0 Å². The van der Waals surface area contributed by atoms with Gasteiger partial charge in [0.25, 0.3) is 5.91 Å². The van der Waals surface area contributed by atoms with Crippen molar-refractivity contribution >= 4 is 40.2 Å². The lowest BCUT2D eigenvalue weighted by Gasteiger charge is -2.33. The van der Waals surface area contributed by atoms with Crippen LogP contribution in [-0.2, 0) is 32.7 Å². The maximum atomic E-state index is 13.4. The van der Waals surface area contributed by atoms with E-state index in [2.05, 4.69) is 17.6 Å². The number of carbonyl (C=O) groups excluding carboxylic acids is 4. The van der Waals surface area contributed by atoms with Crippen molar-refractivity contribution in [2.45, 2.75) is 45.1 Å². The van der Waals surface area contributed by atoms with Crippen molar-refractivity contribution in [2.75, 3.05) is 25.1 Å². The fourth-order valence-corrected chi connectivity index (χ4v) is 6.50. The van der Waals surface area contributed by atoms with Crippen LogP contribution < -0.4 is 15.4 Å². The van der Waals surface area contributed by atoms with Gasteiger partial charge in [0.15, 0.2) is 5.54 Å². The molecule has 3 aliphatic rings. The SMILES string of the molecule is CCOC(=O)c1c(NC(=O)CN2C(=O)NC3(CCOc4ccccc43)C2=O)sc2c1CCC(C)C2. The fourth-order valence-electron chi connectivity index (χ4n) is 5.08. The smallest absolute Gasteiger partial charge is 0.341 e. The standard InChI is InChI=1S/C25H27N3O6S/c1-3-33-22(30)20-15-9-8-14(2)12-18(15)35-21(20)26-19(29)13-28-23(31)25(27-24(28)32)10-11-34-17-7-5-4-6-16(17)25/h4-7,14H,3,8-13H2,1-2H3,(H,26,29)(H,27,32). The third-order valence-corrected chi connectivity index (χ3v) is 7.97. The minimum Gasteiger partial charge on any atom is -0.493 e. The number of nitrogens with one attached hydrogen (secondary N) is 2. The Balaban J connectivity index is 1.38. The molecular weight excluding hydrogens is 470 g/mol. The molecule has 2 atom stereocenters. The van der Waals surface area contributed by atoms with E-state index < -0.39 is 35.9 Å². The zero-order chi connectivity index (χ0) is 24.7. The van der Waals surface area contributed by atoms with E-state index in [0.29, 0.717) is 27.8 Å². The summed E-state index contributed by atoms with van der Waals surface area (Å²) < 4.78 is 10.9. The van der Waals surface area contributed by atoms with Gasteiger partial charge in [0, 0.05) is 16.9 Å². The number of esters is 1. The summed E-state index contributed by atoms with van der Waals surface area (Å²) in [5.74, 6) is -0.482. The minimum absolute atomic E-state index is 0.225. The number of amides is 4. The number of ether oxygens (including phenoxy) is 2. The van der Waals surface area contributed by atoms with E-state index in [0.717, 1.165) is 34.6 Å². The molecule has 10 heteroatoms. The molecule has 1 spiro atoms. The van der Waals surface area contributed by atoms with Gasteiger partial charge in [-0.3, -0.25) is 14.5 Å². The number of urea groups is 1. The fraction of sp³-hybridized carbons (Fsp3) is 0.440. The Bertz CT molecular complexity index is 1220. The molecule has 1 saturated heterocycles. The Labute approximate surface area is 206 Å². The third-order valence-electron chi connectivity index (χ3n) is 6.80. The van der Waals surface area contributed by atoms with Crippen molar-refractivity contribution in [3.05, 3.63) is 45.8 Å². The van der Waals surface area contributed by atoms with Crippen LogP contribution in [-0.4, -0.2) is 48.5 Å². The molecule has 2 aromatic rings. The molecule has 0 saturated carbocycles. The number of rotatable bonds is 5. The first-order valence-corrected chi connectivity index (χ1v) is 12.6. The summed E-state index contributed by atoms with van der Waals surface area (Å²) in [5.41, 5.74) is 0.645. The van der Waals surface area contributed by atoms with Gasteiger partial charge in [-0.15, -0.1) is 11.3 Å². The number of benzene rings is 1. The Hall–Kier alpha value is -3.40. The molecule has 5 rings (SSSR count). The van der Waals surface area contributed by atoms with Gasteiger partial charge >= 0.3 is 12.0 Å². The molecule has 1 aromatic heterocycles. The number of anilines is 1. The average Bonchev–Trinajstić information content (AvgIpc) is 3.29. The lowest BCUT2D eigenvalue weighted by Crippen LogP contribution is -2.48. The first kappa shape index (κ1) is 23.3. The Kier molecular flexibility index (Phi) is 6.00. The highest BCUT2D eigenvalue weighted by Crippen LogP contribution is 2.42. The highest BCUT2D eigenvalue weighted by atomic mass is 32.1. The predicted octanol–water partition coefficient (Wildman–Crippen LogP) is 3.22. The molecule has 184 valence electrons. The quantitative estimate of drug-likeness (QED) is 0.484. The zero-order valence-electron chi connectivity index (χ0n) is 19.6. The molecule has 1 aliphatic carbocycles. The van der Waals surface area contributed by atoms with Gasteiger partial charge in [0.05, 0.1) is 18.8 Å². The normalized spacial score (nSPS) is 22.8. The first-order valence-electron chi connectivity index (χ1n) is 11.8. The molecule has 2 aliphatic heterocycles. The van der Waals surface area contributed by atoms with Crippen molar-refractivity contribution in [2.24, 2.45) is 5.92 Å². The van der Waals surface area contributed by atoms with Crippen LogP contribution in [0, 0.1) is 5.92 Å². The Morgan fingerprint density at radius 2 is 2.11 bits per heavy atom. The van der Waals surface area contributed by atoms with Crippen molar-refractivity contribution < 1.29 is 28.7 Å². The molecule has 2 N–H and O–H groups in total. The number of hydrogen-bond acceptors (Lipinski definition) is 7. The maximum absolute atomic E-state index is 13.4. The molecule has 4 amide bonds. The number of hydrogen-bond donors (Lipinski definition) is 2. The van der Waals surface area contributed by atoms with Crippen LogP contribution in [0.5, 0.6) is 5.75 Å². The molecule has 9 nitrogen and oxygen atoms in total. The van der Waals surface area contributed by atoms with Gasteiger partial charge in [0.1, 0.15) is 17.3 Å². The van der Waals surface area contributed by atoms with Crippen LogP contribution in [0.15, 0.2) is 24.3 Å². The van der Waals surface area contributed by atoms with Gasteiger partial charge in [0.2, 0.25) is 5.91 Å². The average molecular weight is 498 g/mol. The number of thiophene rings is 1. The van der Waals surface area contributed by atoms with Gasteiger partial charge in [-0.05, 0) is 43.7 Å².